The van der Waals surface area contributed by atoms with Crippen LogP contribution in [0.1, 0.15) is 33.3 Å². The van der Waals surface area contributed by atoms with Gasteiger partial charge in [-0.25, -0.2) is 0 Å². The van der Waals surface area contributed by atoms with Gasteiger partial charge in [-0.1, -0.05) is 45.6 Å². The molecule has 2 aromatic carbocycles. The van der Waals surface area contributed by atoms with Gasteiger partial charge in [0.05, 0.1) is 0 Å². The zero-order chi connectivity index (χ0) is 19.2. The molecular weight excluding hydrogens is 326 g/mol. The fraction of sp³-hybridized carbons (Fsp3) is 0.318. The van der Waals surface area contributed by atoms with Gasteiger partial charge in [-0.05, 0) is 54.3 Å². The Morgan fingerprint density at radius 2 is 1.65 bits per heavy atom. The van der Waals surface area contributed by atoms with Crippen LogP contribution in [0.15, 0.2) is 61.2 Å². The number of hydrogen-bond acceptors (Lipinski definition) is 3. The van der Waals surface area contributed by atoms with E-state index in [0.717, 1.165) is 5.75 Å². The average Bonchev–Trinajstić information content (AvgIpc) is 2.60. The summed E-state index contributed by atoms with van der Waals surface area (Å²) in [5, 5.41) is 2.84. The molecule has 0 saturated carbocycles. The molecule has 0 heterocycles. The summed E-state index contributed by atoms with van der Waals surface area (Å²) in [6.07, 6.45) is 1.08. The fourth-order valence-electron chi connectivity index (χ4n) is 2.32. The molecule has 0 radical (unpaired) electrons. The van der Waals surface area contributed by atoms with Crippen molar-refractivity contribution < 1.29 is 14.3 Å². The molecule has 0 fully saturated rings. The molecule has 4 nitrogen and oxygen atoms in total. The first-order chi connectivity index (χ1) is 12.3. The molecule has 0 aliphatic carbocycles. The van der Waals surface area contributed by atoms with Crippen LogP contribution in [0.4, 0.5) is 5.69 Å². The maximum atomic E-state index is 12.3. The number of rotatable bonds is 7. The Bertz CT molecular complexity index is 727. The molecule has 0 unspecified atom stereocenters. The lowest BCUT2D eigenvalue weighted by atomic mass is 9.87. The van der Waals surface area contributed by atoms with Gasteiger partial charge < -0.3 is 14.8 Å². The van der Waals surface area contributed by atoms with Crippen LogP contribution in [0.5, 0.6) is 11.5 Å². The van der Waals surface area contributed by atoms with Crippen molar-refractivity contribution in [3.63, 3.8) is 0 Å². The number of carbonyl (C=O) groups excluding carboxylic acids is 1. The van der Waals surface area contributed by atoms with E-state index in [1.165, 1.54) is 5.56 Å². The van der Waals surface area contributed by atoms with Crippen LogP contribution in [0, 0.1) is 0 Å². The summed E-state index contributed by atoms with van der Waals surface area (Å²) in [6, 6.07) is 15.0. The summed E-state index contributed by atoms with van der Waals surface area (Å²) in [4.78, 5) is 12.3. The van der Waals surface area contributed by atoms with E-state index in [1.54, 1.807) is 37.3 Å². The fourth-order valence-corrected chi connectivity index (χ4v) is 2.32. The maximum Gasteiger partial charge on any atom is 0.265 e. The summed E-state index contributed by atoms with van der Waals surface area (Å²) in [5.41, 5.74) is 2.00. The molecule has 1 atom stereocenters. The molecule has 0 aliphatic heterocycles. The van der Waals surface area contributed by atoms with Crippen molar-refractivity contribution in [1.82, 2.24) is 0 Å². The van der Waals surface area contributed by atoms with Crippen molar-refractivity contribution in [2.75, 3.05) is 11.9 Å². The number of ether oxygens (including phenoxy) is 2. The first-order valence-corrected chi connectivity index (χ1v) is 8.71. The van der Waals surface area contributed by atoms with Gasteiger partial charge >= 0.3 is 0 Å². The predicted molar refractivity (Wildman–Crippen MR) is 106 cm³/mol. The summed E-state index contributed by atoms with van der Waals surface area (Å²) < 4.78 is 11.2. The maximum absolute atomic E-state index is 12.3. The second-order valence-corrected chi connectivity index (χ2v) is 7.15. The molecule has 26 heavy (non-hydrogen) atoms. The van der Waals surface area contributed by atoms with Crippen LogP contribution < -0.4 is 14.8 Å². The van der Waals surface area contributed by atoms with Crippen molar-refractivity contribution in [3.05, 3.63) is 66.7 Å². The molecule has 0 saturated heterocycles. The lowest BCUT2D eigenvalue weighted by molar-refractivity contribution is -0.122. The molecule has 4 heteroatoms. The monoisotopic (exact) mass is 353 g/mol. The lowest BCUT2D eigenvalue weighted by Gasteiger charge is -2.20. The Balaban J connectivity index is 1.91. The summed E-state index contributed by atoms with van der Waals surface area (Å²) in [7, 11) is 0. The van der Waals surface area contributed by atoms with Gasteiger partial charge in [0, 0.05) is 5.69 Å². The lowest BCUT2D eigenvalue weighted by Crippen LogP contribution is -2.30. The quantitative estimate of drug-likeness (QED) is 0.716. The van der Waals surface area contributed by atoms with Crippen LogP contribution in [-0.2, 0) is 10.2 Å². The summed E-state index contributed by atoms with van der Waals surface area (Å²) in [5.74, 6) is 1.20. The molecule has 2 rings (SSSR count). The van der Waals surface area contributed by atoms with Crippen molar-refractivity contribution in [3.8, 4) is 11.5 Å². The number of benzene rings is 2. The summed E-state index contributed by atoms with van der Waals surface area (Å²) >= 11 is 0. The highest BCUT2D eigenvalue weighted by Gasteiger charge is 2.16. The van der Waals surface area contributed by atoms with Crippen molar-refractivity contribution in [2.24, 2.45) is 0 Å². The van der Waals surface area contributed by atoms with Crippen LogP contribution in [0.2, 0.25) is 0 Å². The minimum absolute atomic E-state index is 0.0864. The van der Waals surface area contributed by atoms with Crippen molar-refractivity contribution in [1.29, 1.82) is 0 Å². The van der Waals surface area contributed by atoms with Gasteiger partial charge in [0.2, 0.25) is 0 Å². The van der Waals surface area contributed by atoms with Crippen LogP contribution in [0.3, 0.4) is 0 Å². The van der Waals surface area contributed by atoms with E-state index in [4.69, 9.17) is 9.47 Å². The van der Waals surface area contributed by atoms with Gasteiger partial charge in [-0.15, -0.1) is 0 Å². The molecule has 1 N–H and O–H groups in total. The Kier molecular flexibility index (Phi) is 6.45. The van der Waals surface area contributed by atoms with Crippen molar-refractivity contribution in [2.45, 2.75) is 39.2 Å². The zero-order valence-electron chi connectivity index (χ0n) is 15.9. The Morgan fingerprint density at radius 1 is 1.08 bits per heavy atom. The number of nitrogens with one attached hydrogen (secondary N) is 1. The van der Waals surface area contributed by atoms with Gasteiger partial charge in [0.1, 0.15) is 18.1 Å². The number of amides is 1. The molecule has 0 bridgehead atoms. The highest BCUT2D eigenvalue weighted by Crippen LogP contribution is 2.25. The predicted octanol–water partition coefficient (Wildman–Crippen LogP) is 4.95. The van der Waals surface area contributed by atoms with E-state index in [2.05, 4.69) is 32.7 Å². The van der Waals surface area contributed by atoms with E-state index in [9.17, 15) is 4.79 Å². The zero-order valence-corrected chi connectivity index (χ0v) is 15.9. The molecule has 0 aromatic heterocycles. The largest absolute Gasteiger partial charge is 0.490 e. The van der Waals surface area contributed by atoms with Crippen LogP contribution in [-0.4, -0.2) is 18.6 Å². The normalized spacial score (nSPS) is 12.2. The SMILES string of the molecule is C=CCOc1ccc(NC(=O)[C@@H](C)Oc2ccc(C(C)(C)C)cc2)cc1. The molecule has 0 spiro atoms. The first-order valence-electron chi connectivity index (χ1n) is 8.71. The number of anilines is 1. The van der Waals surface area contributed by atoms with Gasteiger partial charge in [-0.2, -0.15) is 0 Å². The van der Waals surface area contributed by atoms with Crippen LogP contribution in [0.25, 0.3) is 0 Å². The molecule has 0 aliphatic rings. The first kappa shape index (κ1) is 19.6. The molecular formula is C22H27NO3. The minimum atomic E-state index is -0.604. The van der Waals surface area contributed by atoms with E-state index in [1.807, 2.05) is 24.3 Å². The third-order valence-electron chi connectivity index (χ3n) is 3.89. The highest BCUT2D eigenvalue weighted by atomic mass is 16.5. The molecule has 138 valence electrons. The molecule has 1 amide bonds. The third-order valence-corrected chi connectivity index (χ3v) is 3.89. The standard InChI is InChI=1S/C22H27NO3/c1-6-15-25-19-13-9-18(10-14-19)23-21(24)16(2)26-20-11-7-17(8-12-20)22(3,4)5/h6-14,16H,1,15H2,2-5H3,(H,23,24)/t16-/m1/s1. The Morgan fingerprint density at radius 3 is 2.19 bits per heavy atom. The van der Waals surface area contributed by atoms with E-state index >= 15 is 0 Å². The van der Waals surface area contributed by atoms with Gasteiger partial charge in [0.25, 0.3) is 5.91 Å². The van der Waals surface area contributed by atoms with Crippen molar-refractivity contribution >= 4 is 11.6 Å². The van der Waals surface area contributed by atoms with Crippen LogP contribution >= 0.6 is 0 Å². The van der Waals surface area contributed by atoms with Gasteiger partial charge in [0.15, 0.2) is 6.10 Å². The molecule has 2 aromatic rings. The topological polar surface area (TPSA) is 47.6 Å². The smallest absolute Gasteiger partial charge is 0.265 e. The van der Waals surface area contributed by atoms with E-state index < -0.39 is 6.10 Å². The number of hydrogen-bond donors (Lipinski definition) is 1. The second kappa shape index (κ2) is 8.56. The average molecular weight is 353 g/mol. The minimum Gasteiger partial charge on any atom is -0.490 e. The third kappa shape index (κ3) is 5.66. The summed E-state index contributed by atoms with van der Waals surface area (Å²) in [6.45, 7) is 12.3. The second-order valence-electron chi connectivity index (χ2n) is 7.15. The highest BCUT2D eigenvalue weighted by molar-refractivity contribution is 5.94. The number of carbonyl (C=O) groups is 1. The Labute approximate surface area is 155 Å². The van der Waals surface area contributed by atoms with Gasteiger partial charge in [-0.3, -0.25) is 4.79 Å². The Hall–Kier alpha value is -2.75. The van der Waals surface area contributed by atoms with E-state index in [-0.39, 0.29) is 11.3 Å². The van der Waals surface area contributed by atoms with E-state index in [0.29, 0.717) is 18.0 Å².